The molecule has 3 rings (SSSR count). The van der Waals surface area contributed by atoms with Gasteiger partial charge in [-0.3, -0.25) is 9.89 Å². The minimum Gasteiger partial charge on any atom is -0.350 e. The van der Waals surface area contributed by atoms with E-state index in [0.29, 0.717) is 12.2 Å². The van der Waals surface area contributed by atoms with Crippen molar-refractivity contribution >= 4 is 6.21 Å². The molecule has 0 spiro atoms. The van der Waals surface area contributed by atoms with Crippen LogP contribution in [0.25, 0.3) is 0 Å². The van der Waals surface area contributed by atoms with Crippen LogP contribution < -0.4 is 0 Å². The summed E-state index contributed by atoms with van der Waals surface area (Å²) in [7, 11) is 0. The van der Waals surface area contributed by atoms with Gasteiger partial charge in [0.1, 0.15) is 6.17 Å². The van der Waals surface area contributed by atoms with Crippen LogP contribution in [-0.2, 0) is 0 Å². The van der Waals surface area contributed by atoms with E-state index < -0.39 is 0 Å². The van der Waals surface area contributed by atoms with Crippen LogP contribution in [0.3, 0.4) is 0 Å². The Bertz CT molecular complexity index is 306. The molecule has 3 nitrogen and oxygen atoms in total. The molecule has 0 N–H and O–H groups in total. The van der Waals surface area contributed by atoms with Gasteiger partial charge in [-0.25, -0.2) is 0 Å². The average molecular weight is 189 g/mol. The van der Waals surface area contributed by atoms with Crippen molar-refractivity contribution in [2.75, 3.05) is 19.6 Å². The lowest BCUT2D eigenvalue weighted by atomic mass is 10.2. The van der Waals surface area contributed by atoms with E-state index in [1.54, 1.807) is 0 Å². The lowest BCUT2D eigenvalue weighted by Gasteiger charge is -2.34. The zero-order chi connectivity index (χ0) is 9.38. The molecule has 3 aliphatic heterocycles. The van der Waals surface area contributed by atoms with Crippen molar-refractivity contribution < 1.29 is 0 Å². The quantitative estimate of drug-likeness (QED) is 0.526. The summed E-state index contributed by atoms with van der Waals surface area (Å²) in [6.45, 7) is 3.23. The van der Waals surface area contributed by atoms with Gasteiger partial charge in [0, 0.05) is 19.3 Å². The smallest absolute Gasteiger partial charge is 0.139 e. The van der Waals surface area contributed by atoms with E-state index in [0.717, 1.165) is 26.1 Å². The Morgan fingerprint density at radius 1 is 1.21 bits per heavy atom. The van der Waals surface area contributed by atoms with Crippen LogP contribution in [0.2, 0.25) is 0 Å². The van der Waals surface area contributed by atoms with Crippen molar-refractivity contribution in [3.63, 3.8) is 0 Å². The fraction of sp³-hybridized carbons (Fsp3) is 0.545. The molecule has 74 valence electrons. The van der Waals surface area contributed by atoms with Crippen LogP contribution in [0.15, 0.2) is 29.4 Å². The molecule has 14 heavy (non-hydrogen) atoms. The highest BCUT2D eigenvalue weighted by atomic mass is 15.3. The molecule has 3 heterocycles. The molecule has 0 radical (unpaired) electrons. The molecule has 0 aliphatic carbocycles. The van der Waals surface area contributed by atoms with Crippen LogP contribution in [-0.4, -0.2) is 47.9 Å². The van der Waals surface area contributed by atoms with Gasteiger partial charge in [-0.05, 0) is 12.6 Å². The van der Waals surface area contributed by atoms with E-state index >= 15 is 0 Å². The second-order valence-corrected chi connectivity index (χ2v) is 4.03. The third-order valence-electron chi connectivity index (χ3n) is 3.17. The van der Waals surface area contributed by atoms with Crippen molar-refractivity contribution in [3.05, 3.63) is 24.4 Å². The Hall–Kier alpha value is -1.09. The maximum atomic E-state index is 4.56. The van der Waals surface area contributed by atoms with E-state index in [2.05, 4.69) is 39.2 Å². The molecule has 0 saturated carbocycles. The van der Waals surface area contributed by atoms with Crippen LogP contribution in [0.1, 0.15) is 6.42 Å². The standard InChI is InChI=1S/C11H15N3/c1-2-7-14-9-5-12-11(14)10-4-3-8-13(10)6-1/h2-5,7,10-11H,1,6,8-9H2. The van der Waals surface area contributed by atoms with Crippen molar-refractivity contribution in [2.24, 2.45) is 4.99 Å². The van der Waals surface area contributed by atoms with Gasteiger partial charge in [0.25, 0.3) is 0 Å². The molecular formula is C11H15N3. The van der Waals surface area contributed by atoms with E-state index in [4.69, 9.17) is 0 Å². The Kier molecular flexibility index (Phi) is 1.91. The lowest BCUT2D eigenvalue weighted by molar-refractivity contribution is 0.175. The lowest BCUT2D eigenvalue weighted by Crippen LogP contribution is -2.45. The number of hydrogen-bond acceptors (Lipinski definition) is 3. The van der Waals surface area contributed by atoms with E-state index in [1.165, 1.54) is 0 Å². The van der Waals surface area contributed by atoms with Crippen molar-refractivity contribution in [1.29, 1.82) is 0 Å². The van der Waals surface area contributed by atoms with Gasteiger partial charge in [0.05, 0.1) is 12.6 Å². The number of hydrogen-bond donors (Lipinski definition) is 0. The number of rotatable bonds is 0. The third kappa shape index (κ3) is 1.20. The summed E-state index contributed by atoms with van der Waals surface area (Å²) >= 11 is 0. The molecule has 0 amide bonds. The van der Waals surface area contributed by atoms with Crippen LogP contribution in [0.5, 0.6) is 0 Å². The maximum Gasteiger partial charge on any atom is 0.139 e. The normalized spacial score (nSPS) is 35.6. The molecule has 3 aliphatic rings. The first-order valence-corrected chi connectivity index (χ1v) is 5.30. The highest BCUT2D eigenvalue weighted by molar-refractivity contribution is 5.62. The van der Waals surface area contributed by atoms with Gasteiger partial charge in [0.15, 0.2) is 0 Å². The van der Waals surface area contributed by atoms with Crippen LogP contribution >= 0.6 is 0 Å². The van der Waals surface area contributed by atoms with Gasteiger partial charge in [0.2, 0.25) is 0 Å². The van der Waals surface area contributed by atoms with Gasteiger partial charge in [-0.15, -0.1) is 0 Å². The highest BCUT2D eigenvalue weighted by Crippen LogP contribution is 2.23. The topological polar surface area (TPSA) is 18.8 Å². The van der Waals surface area contributed by atoms with E-state index in [1.807, 2.05) is 6.21 Å². The molecule has 0 fully saturated rings. The third-order valence-corrected chi connectivity index (χ3v) is 3.17. The summed E-state index contributed by atoms with van der Waals surface area (Å²) in [5.74, 6) is 0. The summed E-state index contributed by atoms with van der Waals surface area (Å²) in [5, 5.41) is 0. The number of nitrogens with zero attached hydrogens (tertiary/aromatic N) is 3. The average Bonchev–Trinajstić information content (AvgIpc) is 2.75. The van der Waals surface area contributed by atoms with Gasteiger partial charge < -0.3 is 4.90 Å². The van der Waals surface area contributed by atoms with Crippen LogP contribution in [0, 0.1) is 0 Å². The first kappa shape index (κ1) is 8.24. The highest BCUT2D eigenvalue weighted by Gasteiger charge is 2.32. The Morgan fingerprint density at radius 2 is 2.21 bits per heavy atom. The Balaban J connectivity index is 1.90. The SMILES string of the molecule is C1=CN2CC=NC2C2C=CCN2CC1. The van der Waals surface area contributed by atoms with Gasteiger partial charge >= 0.3 is 0 Å². The van der Waals surface area contributed by atoms with E-state index in [-0.39, 0.29) is 0 Å². The molecule has 2 unspecified atom stereocenters. The Morgan fingerprint density at radius 3 is 3.21 bits per heavy atom. The largest absolute Gasteiger partial charge is 0.350 e. The van der Waals surface area contributed by atoms with Crippen molar-refractivity contribution in [3.8, 4) is 0 Å². The predicted molar refractivity (Wildman–Crippen MR) is 57.2 cm³/mol. The summed E-state index contributed by atoms with van der Waals surface area (Å²) in [6.07, 6.45) is 12.6. The summed E-state index contributed by atoms with van der Waals surface area (Å²) < 4.78 is 0. The zero-order valence-corrected chi connectivity index (χ0v) is 8.21. The first-order valence-electron chi connectivity index (χ1n) is 5.30. The molecule has 3 heteroatoms. The molecule has 0 saturated heterocycles. The molecular weight excluding hydrogens is 174 g/mol. The van der Waals surface area contributed by atoms with Crippen molar-refractivity contribution in [1.82, 2.24) is 9.80 Å². The minimum absolute atomic E-state index is 0.324. The molecule has 2 atom stereocenters. The second kappa shape index (κ2) is 3.24. The predicted octanol–water partition coefficient (Wildman–Crippen LogP) is 0.857. The zero-order valence-electron chi connectivity index (χ0n) is 8.21. The summed E-state index contributed by atoms with van der Waals surface area (Å²) in [6, 6.07) is 0.499. The fourth-order valence-electron chi connectivity index (χ4n) is 2.43. The molecule has 0 aromatic carbocycles. The first-order chi connectivity index (χ1) is 6.95. The van der Waals surface area contributed by atoms with Crippen LogP contribution in [0.4, 0.5) is 0 Å². The maximum absolute atomic E-state index is 4.56. The van der Waals surface area contributed by atoms with Gasteiger partial charge in [-0.1, -0.05) is 18.2 Å². The molecule has 0 aromatic heterocycles. The molecule has 0 bridgehead atoms. The number of aliphatic imine (C=N–C) groups is 1. The Labute approximate surface area is 84.4 Å². The summed E-state index contributed by atoms with van der Waals surface area (Å²) in [5.41, 5.74) is 0. The summed E-state index contributed by atoms with van der Waals surface area (Å²) in [4.78, 5) is 9.39. The number of fused-ring (bicyclic) bond motifs is 3. The minimum atomic E-state index is 0.324. The van der Waals surface area contributed by atoms with E-state index in [9.17, 15) is 0 Å². The monoisotopic (exact) mass is 189 g/mol. The molecule has 0 aromatic rings. The fourth-order valence-corrected chi connectivity index (χ4v) is 2.43. The van der Waals surface area contributed by atoms with Gasteiger partial charge in [-0.2, -0.15) is 0 Å². The second-order valence-electron chi connectivity index (χ2n) is 4.03. The van der Waals surface area contributed by atoms with Crippen molar-refractivity contribution in [2.45, 2.75) is 18.6 Å².